The van der Waals surface area contributed by atoms with E-state index in [0.717, 1.165) is 49.0 Å². The van der Waals surface area contributed by atoms with E-state index in [2.05, 4.69) is 46.4 Å². The van der Waals surface area contributed by atoms with Crippen LogP contribution < -0.4 is 4.74 Å². The number of phenolic OH excluding ortho intramolecular Hbond substituents is 1. The largest absolute Gasteiger partial charge is 0.507 e. The quantitative estimate of drug-likeness (QED) is 0.469. The van der Waals surface area contributed by atoms with Crippen molar-refractivity contribution in [2.45, 2.75) is 84.2 Å². The van der Waals surface area contributed by atoms with E-state index in [1.54, 1.807) is 0 Å². The Kier molecular flexibility index (Phi) is 5.50. The highest BCUT2D eigenvalue weighted by Gasteiger charge is 2.46. The van der Waals surface area contributed by atoms with Crippen LogP contribution in [0, 0.1) is 5.92 Å². The van der Waals surface area contributed by atoms with Crippen molar-refractivity contribution >= 4 is 0 Å². The molecule has 0 aromatic heterocycles. The first kappa shape index (κ1) is 19.1. The van der Waals surface area contributed by atoms with Crippen molar-refractivity contribution in [2.75, 3.05) is 0 Å². The zero-order valence-electron chi connectivity index (χ0n) is 16.9. The van der Waals surface area contributed by atoms with Crippen molar-refractivity contribution in [1.29, 1.82) is 0 Å². The fraction of sp³-hybridized carbons (Fsp3) is 0.583. The number of allylic oxidation sites excluding steroid dienone is 3. The maximum Gasteiger partial charge on any atom is 0.127 e. The molecular weight excluding hydrogens is 320 g/mol. The molecule has 0 amide bonds. The first-order valence-electron chi connectivity index (χ1n) is 10.2. The average molecular weight is 355 g/mol. The first-order chi connectivity index (χ1) is 12.4. The van der Waals surface area contributed by atoms with Gasteiger partial charge in [-0.05, 0) is 64.5 Å². The van der Waals surface area contributed by atoms with Crippen LogP contribution >= 0.6 is 0 Å². The third-order valence-electron chi connectivity index (χ3n) is 6.28. The second-order valence-corrected chi connectivity index (χ2v) is 8.63. The number of ether oxygens (including phenoxy) is 1. The van der Waals surface area contributed by atoms with Crippen molar-refractivity contribution in [3.8, 4) is 11.5 Å². The smallest absolute Gasteiger partial charge is 0.127 e. The Morgan fingerprint density at radius 2 is 2.12 bits per heavy atom. The summed E-state index contributed by atoms with van der Waals surface area (Å²) in [5.41, 5.74) is 4.54. The molecule has 26 heavy (non-hydrogen) atoms. The molecule has 2 atom stereocenters. The molecule has 0 spiro atoms. The molecule has 3 rings (SSSR count). The Balaban J connectivity index is 2.09. The van der Waals surface area contributed by atoms with E-state index in [0.29, 0.717) is 17.6 Å². The van der Waals surface area contributed by atoms with E-state index in [4.69, 9.17) is 4.74 Å². The number of unbranched alkanes of at least 4 members (excludes halogenated alkanes) is 2. The summed E-state index contributed by atoms with van der Waals surface area (Å²) in [5, 5.41) is 11.3. The van der Waals surface area contributed by atoms with E-state index in [-0.39, 0.29) is 5.60 Å². The van der Waals surface area contributed by atoms with Gasteiger partial charge in [-0.2, -0.15) is 0 Å². The van der Waals surface area contributed by atoms with E-state index in [1.165, 1.54) is 24.0 Å². The third-order valence-corrected chi connectivity index (χ3v) is 6.28. The zero-order valence-corrected chi connectivity index (χ0v) is 16.9. The van der Waals surface area contributed by atoms with E-state index in [1.807, 2.05) is 6.08 Å². The molecular formula is C24H34O2. The van der Waals surface area contributed by atoms with Crippen LogP contribution in [-0.2, 0) is 12.8 Å². The van der Waals surface area contributed by atoms with Crippen molar-refractivity contribution < 1.29 is 9.84 Å². The molecule has 1 aromatic rings. The zero-order chi connectivity index (χ0) is 18.9. The molecule has 1 heterocycles. The maximum atomic E-state index is 11.3. The monoisotopic (exact) mass is 354 g/mol. The van der Waals surface area contributed by atoms with Crippen LogP contribution in [0.15, 0.2) is 30.4 Å². The Morgan fingerprint density at radius 1 is 1.35 bits per heavy atom. The van der Waals surface area contributed by atoms with Crippen LogP contribution in [-0.4, -0.2) is 10.7 Å². The molecule has 0 saturated carbocycles. The minimum atomic E-state index is -0.206. The van der Waals surface area contributed by atoms with Gasteiger partial charge in [-0.1, -0.05) is 37.5 Å². The van der Waals surface area contributed by atoms with Crippen molar-refractivity contribution in [3.05, 3.63) is 47.1 Å². The highest BCUT2D eigenvalue weighted by molar-refractivity contribution is 5.58. The summed E-state index contributed by atoms with van der Waals surface area (Å²) in [4.78, 5) is 0. The van der Waals surface area contributed by atoms with Crippen LogP contribution in [0.5, 0.6) is 11.5 Å². The molecule has 2 nitrogen and oxygen atoms in total. The van der Waals surface area contributed by atoms with Crippen LogP contribution in [0.4, 0.5) is 0 Å². The predicted octanol–water partition coefficient (Wildman–Crippen LogP) is 6.46. The minimum absolute atomic E-state index is 0.206. The third kappa shape index (κ3) is 3.43. The van der Waals surface area contributed by atoms with Gasteiger partial charge in [0, 0.05) is 23.0 Å². The standard InChI is InChI=1S/C24H34O2/c1-6-8-9-11-17-15-21-22(23(25)18(17)10-7-2)19-14-16(3)12-13-20(19)24(4,5)26-21/h7,12,15,19-20,25H,2,6,8-11,13-14H2,1,3-5H3. The number of benzene rings is 1. The summed E-state index contributed by atoms with van der Waals surface area (Å²) in [5.74, 6) is 2.12. The van der Waals surface area contributed by atoms with Gasteiger partial charge in [0.2, 0.25) is 0 Å². The molecule has 1 aliphatic heterocycles. The molecule has 1 aromatic carbocycles. The molecule has 2 aliphatic rings. The summed E-state index contributed by atoms with van der Waals surface area (Å²) in [6.45, 7) is 12.7. The molecule has 1 N–H and O–H groups in total. The van der Waals surface area contributed by atoms with Gasteiger partial charge in [-0.25, -0.2) is 0 Å². The highest BCUT2D eigenvalue weighted by Crippen LogP contribution is 2.55. The number of hydrogen-bond donors (Lipinski definition) is 1. The van der Waals surface area contributed by atoms with E-state index < -0.39 is 0 Å². The van der Waals surface area contributed by atoms with Gasteiger partial charge >= 0.3 is 0 Å². The number of aryl methyl sites for hydroxylation is 1. The number of rotatable bonds is 6. The van der Waals surface area contributed by atoms with E-state index >= 15 is 0 Å². The number of fused-ring (bicyclic) bond motifs is 3. The van der Waals surface area contributed by atoms with Gasteiger partial charge < -0.3 is 9.84 Å². The lowest BCUT2D eigenvalue weighted by molar-refractivity contribution is 0.00745. The average Bonchev–Trinajstić information content (AvgIpc) is 2.57. The number of hydrogen-bond acceptors (Lipinski definition) is 2. The van der Waals surface area contributed by atoms with Crippen molar-refractivity contribution in [3.63, 3.8) is 0 Å². The van der Waals surface area contributed by atoms with Crippen LogP contribution in [0.1, 0.15) is 82.4 Å². The summed E-state index contributed by atoms with van der Waals surface area (Å²) in [7, 11) is 0. The summed E-state index contributed by atoms with van der Waals surface area (Å²) in [6, 6.07) is 2.22. The van der Waals surface area contributed by atoms with Crippen LogP contribution in [0.3, 0.4) is 0 Å². The second-order valence-electron chi connectivity index (χ2n) is 8.63. The minimum Gasteiger partial charge on any atom is -0.507 e. The van der Waals surface area contributed by atoms with Crippen LogP contribution in [0.25, 0.3) is 0 Å². The molecule has 2 heteroatoms. The second kappa shape index (κ2) is 7.50. The molecule has 2 unspecified atom stereocenters. The molecule has 0 saturated heterocycles. The van der Waals surface area contributed by atoms with Crippen molar-refractivity contribution in [2.24, 2.45) is 5.92 Å². The van der Waals surface area contributed by atoms with Gasteiger partial charge in [0.15, 0.2) is 0 Å². The maximum absolute atomic E-state index is 11.3. The lowest BCUT2D eigenvalue weighted by atomic mass is 9.66. The van der Waals surface area contributed by atoms with Crippen molar-refractivity contribution in [1.82, 2.24) is 0 Å². The molecule has 0 bridgehead atoms. The normalized spacial score (nSPS) is 23.5. The van der Waals surface area contributed by atoms with Gasteiger partial charge in [0.25, 0.3) is 0 Å². The summed E-state index contributed by atoms with van der Waals surface area (Å²) in [6.07, 6.45) is 11.6. The van der Waals surface area contributed by atoms with Gasteiger partial charge in [-0.15, -0.1) is 6.58 Å². The van der Waals surface area contributed by atoms with Gasteiger partial charge in [0.1, 0.15) is 17.1 Å². The number of phenols is 1. The van der Waals surface area contributed by atoms with Gasteiger partial charge in [-0.3, -0.25) is 0 Å². The lowest BCUT2D eigenvalue weighted by Gasteiger charge is -2.47. The lowest BCUT2D eigenvalue weighted by Crippen LogP contribution is -2.45. The fourth-order valence-electron chi connectivity index (χ4n) is 4.85. The van der Waals surface area contributed by atoms with Crippen LogP contribution in [0.2, 0.25) is 0 Å². The summed E-state index contributed by atoms with van der Waals surface area (Å²) >= 11 is 0. The van der Waals surface area contributed by atoms with Gasteiger partial charge in [0.05, 0.1) is 0 Å². The Morgan fingerprint density at radius 3 is 2.81 bits per heavy atom. The predicted molar refractivity (Wildman–Crippen MR) is 109 cm³/mol. The topological polar surface area (TPSA) is 29.5 Å². The fourth-order valence-corrected chi connectivity index (χ4v) is 4.85. The molecule has 0 fully saturated rings. The molecule has 142 valence electrons. The SMILES string of the molecule is C=CCc1c(CCCCC)cc2c(c1O)C1CC(C)=CCC1C(C)(C)O2. The molecule has 0 radical (unpaired) electrons. The summed E-state index contributed by atoms with van der Waals surface area (Å²) < 4.78 is 6.47. The Labute approximate surface area is 159 Å². The number of aromatic hydroxyl groups is 1. The molecule has 1 aliphatic carbocycles. The highest BCUT2D eigenvalue weighted by atomic mass is 16.5. The first-order valence-corrected chi connectivity index (χ1v) is 10.2. The van der Waals surface area contributed by atoms with E-state index in [9.17, 15) is 5.11 Å². The Hall–Kier alpha value is -1.70. The Bertz CT molecular complexity index is 711.